The van der Waals surface area contributed by atoms with Gasteiger partial charge >= 0.3 is 0 Å². The standard InChI is InChI=1S/C14H16BrNOS/c1-3-4-14-16-12(9-18-14)8-17-13-6-5-11(15)7-10(13)2/h5-7,9H,3-4,8H2,1-2H3. The van der Waals surface area contributed by atoms with Crippen LogP contribution in [0.5, 0.6) is 5.75 Å². The summed E-state index contributed by atoms with van der Waals surface area (Å²) in [6, 6.07) is 6.03. The van der Waals surface area contributed by atoms with Gasteiger partial charge in [0, 0.05) is 9.85 Å². The predicted molar refractivity (Wildman–Crippen MR) is 79.3 cm³/mol. The number of benzene rings is 1. The van der Waals surface area contributed by atoms with Gasteiger partial charge in [-0.1, -0.05) is 22.9 Å². The summed E-state index contributed by atoms with van der Waals surface area (Å²) in [5.74, 6) is 0.920. The van der Waals surface area contributed by atoms with E-state index in [1.165, 1.54) is 5.01 Å². The molecule has 1 aromatic heterocycles. The van der Waals surface area contributed by atoms with E-state index in [4.69, 9.17) is 4.74 Å². The lowest BCUT2D eigenvalue weighted by Crippen LogP contribution is -1.97. The number of hydrogen-bond acceptors (Lipinski definition) is 3. The first-order valence-electron chi connectivity index (χ1n) is 6.01. The molecule has 0 N–H and O–H groups in total. The first-order valence-corrected chi connectivity index (χ1v) is 7.68. The Bertz CT molecular complexity index is 524. The van der Waals surface area contributed by atoms with Crippen molar-refractivity contribution in [2.24, 2.45) is 0 Å². The van der Waals surface area contributed by atoms with Gasteiger partial charge in [0.05, 0.1) is 10.7 Å². The lowest BCUT2D eigenvalue weighted by Gasteiger charge is -2.07. The van der Waals surface area contributed by atoms with Gasteiger partial charge in [0.2, 0.25) is 0 Å². The second-order valence-corrected chi connectivity index (χ2v) is 6.04. The highest BCUT2D eigenvalue weighted by atomic mass is 79.9. The smallest absolute Gasteiger partial charge is 0.131 e. The number of ether oxygens (including phenoxy) is 1. The molecule has 0 aliphatic carbocycles. The monoisotopic (exact) mass is 325 g/mol. The maximum atomic E-state index is 5.79. The number of aromatic nitrogens is 1. The summed E-state index contributed by atoms with van der Waals surface area (Å²) >= 11 is 5.16. The largest absolute Gasteiger partial charge is 0.487 e. The molecule has 2 rings (SSSR count). The second-order valence-electron chi connectivity index (χ2n) is 4.18. The summed E-state index contributed by atoms with van der Waals surface area (Å²) in [5, 5.41) is 3.28. The van der Waals surface area contributed by atoms with Crippen LogP contribution in [-0.2, 0) is 13.0 Å². The van der Waals surface area contributed by atoms with Crippen molar-refractivity contribution in [3.05, 3.63) is 44.3 Å². The van der Waals surface area contributed by atoms with Gasteiger partial charge in [-0.3, -0.25) is 0 Å². The van der Waals surface area contributed by atoms with Crippen molar-refractivity contribution >= 4 is 27.3 Å². The first kappa shape index (κ1) is 13.6. The van der Waals surface area contributed by atoms with Crippen molar-refractivity contribution in [2.75, 3.05) is 0 Å². The van der Waals surface area contributed by atoms with E-state index in [2.05, 4.69) is 39.3 Å². The SMILES string of the molecule is CCCc1nc(COc2ccc(Br)cc2C)cs1. The molecule has 0 radical (unpaired) electrons. The second kappa shape index (κ2) is 6.34. The minimum absolute atomic E-state index is 0.544. The number of rotatable bonds is 5. The molecule has 0 amide bonds. The molecule has 0 saturated heterocycles. The van der Waals surface area contributed by atoms with Gasteiger partial charge in [0.15, 0.2) is 0 Å². The molecular formula is C14H16BrNOS. The topological polar surface area (TPSA) is 22.1 Å². The number of hydrogen-bond donors (Lipinski definition) is 0. The lowest BCUT2D eigenvalue weighted by atomic mass is 10.2. The number of thiazole rings is 1. The predicted octanol–water partition coefficient (Wildman–Crippen LogP) is 4.75. The zero-order valence-electron chi connectivity index (χ0n) is 10.6. The first-order chi connectivity index (χ1) is 8.69. The summed E-state index contributed by atoms with van der Waals surface area (Å²) in [4.78, 5) is 4.55. The van der Waals surface area contributed by atoms with Gasteiger partial charge in [-0.15, -0.1) is 11.3 Å². The molecule has 4 heteroatoms. The molecule has 0 saturated carbocycles. The molecule has 0 atom stereocenters. The van der Waals surface area contributed by atoms with E-state index in [9.17, 15) is 0 Å². The summed E-state index contributed by atoms with van der Waals surface area (Å²) in [5.41, 5.74) is 2.15. The summed E-state index contributed by atoms with van der Waals surface area (Å²) in [7, 11) is 0. The molecule has 2 nitrogen and oxygen atoms in total. The van der Waals surface area contributed by atoms with Crippen LogP contribution in [0.3, 0.4) is 0 Å². The fraction of sp³-hybridized carbons (Fsp3) is 0.357. The lowest BCUT2D eigenvalue weighted by molar-refractivity contribution is 0.300. The molecule has 1 heterocycles. The Morgan fingerprint density at radius 1 is 1.39 bits per heavy atom. The Hall–Kier alpha value is -0.870. The fourth-order valence-electron chi connectivity index (χ4n) is 1.67. The van der Waals surface area contributed by atoms with Crippen LogP contribution in [0.25, 0.3) is 0 Å². The Morgan fingerprint density at radius 3 is 2.94 bits per heavy atom. The van der Waals surface area contributed by atoms with Crippen LogP contribution < -0.4 is 4.74 Å². The van der Waals surface area contributed by atoms with E-state index in [0.29, 0.717) is 6.61 Å². The number of aryl methyl sites for hydroxylation is 2. The molecule has 1 aromatic carbocycles. The highest BCUT2D eigenvalue weighted by Gasteiger charge is 2.04. The third-order valence-electron chi connectivity index (χ3n) is 2.58. The average Bonchev–Trinajstić information content (AvgIpc) is 2.76. The van der Waals surface area contributed by atoms with Crippen LogP contribution in [0.1, 0.15) is 29.6 Å². The molecule has 0 aliphatic heterocycles. The van der Waals surface area contributed by atoms with Crippen LogP contribution in [0.4, 0.5) is 0 Å². The maximum Gasteiger partial charge on any atom is 0.131 e. The van der Waals surface area contributed by atoms with E-state index in [1.54, 1.807) is 11.3 Å². The van der Waals surface area contributed by atoms with E-state index in [0.717, 1.165) is 34.3 Å². The van der Waals surface area contributed by atoms with Gasteiger partial charge in [-0.05, 0) is 43.5 Å². The molecule has 0 bridgehead atoms. The van der Waals surface area contributed by atoms with E-state index < -0.39 is 0 Å². The Labute approximate surface area is 120 Å². The van der Waals surface area contributed by atoms with Crippen LogP contribution >= 0.6 is 27.3 Å². The fourth-order valence-corrected chi connectivity index (χ4v) is 3.03. The molecule has 0 unspecified atom stereocenters. The zero-order valence-corrected chi connectivity index (χ0v) is 13.0. The van der Waals surface area contributed by atoms with Crippen LogP contribution in [-0.4, -0.2) is 4.98 Å². The average molecular weight is 326 g/mol. The highest BCUT2D eigenvalue weighted by Crippen LogP contribution is 2.23. The Balaban J connectivity index is 1.97. The molecule has 0 fully saturated rings. The maximum absolute atomic E-state index is 5.79. The summed E-state index contributed by atoms with van der Waals surface area (Å²) < 4.78 is 6.87. The van der Waals surface area contributed by atoms with Crippen LogP contribution in [0.2, 0.25) is 0 Å². The van der Waals surface area contributed by atoms with Crippen molar-refractivity contribution in [2.45, 2.75) is 33.3 Å². The van der Waals surface area contributed by atoms with Gasteiger partial charge < -0.3 is 4.74 Å². The van der Waals surface area contributed by atoms with Gasteiger partial charge in [0.25, 0.3) is 0 Å². The summed E-state index contributed by atoms with van der Waals surface area (Å²) in [6.07, 6.45) is 2.20. The molecule has 2 aromatic rings. The van der Waals surface area contributed by atoms with Crippen molar-refractivity contribution < 1.29 is 4.74 Å². The molecule has 0 spiro atoms. The minimum atomic E-state index is 0.544. The molecular weight excluding hydrogens is 310 g/mol. The molecule has 18 heavy (non-hydrogen) atoms. The zero-order chi connectivity index (χ0) is 13.0. The van der Waals surface area contributed by atoms with Gasteiger partial charge in [-0.2, -0.15) is 0 Å². The quantitative estimate of drug-likeness (QED) is 0.791. The van der Waals surface area contributed by atoms with Crippen LogP contribution in [0, 0.1) is 6.92 Å². The third kappa shape index (κ3) is 3.56. The number of halogens is 1. The van der Waals surface area contributed by atoms with Gasteiger partial charge in [-0.25, -0.2) is 4.98 Å². The molecule has 0 aliphatic rings. The third-order valence-corrected chi connectivity index (χ3v) is 4.03. The van der Waals surface area contributed by atoms with E-state index >= 15 is 0 Å². The van der Waals surface area contributed by atoms with E-state index in [-0.39, 0.29) is 0 Å². The minimum Gasteiger partial charge on any atom is -0.487 e. The Morgan fingerprint density at radius 2 is 2.22 bits per heavy atom. The summed E-state index contributed by atoms with van der Waals surface area (Å²) in [6.45, 7) is 4.76. The van der Waals surface area contributed by atoms with Crippen molar-refractivity contribution in [1.29, 1.82) is 0 Å². The van der Waals surface area contributed by atoms with Crippen molar-refractivity contribution in [3.8, 4) is 5.75 Å². The molecule has 96 valence electrons. The van der Waals surface area contributed by atoms with Crippen molar-refractivity contribution in [1.82, 2.24) is 4.98 Å². The Kier molecular flexibility index (Phi) is 4.78. The van der Waals surface area contributed by atoms with Crippen molar-refractivity contribution in [3.63, 3.8) is 0 Å². The van der Waals surface area contributed by atoms with Crippen LogP contribution in [0.15, 0.2) is 28.1 Å². The number of nitrogens with zero attached hydrogens (tertiary/aromatic N) is 1. The van der Waals surface area contributed by atoms with E-state index in [1.807, 2.05) is 19.1 Å². The normalized spacial score (nSPS) is 10.6. The highest BCUT2D eigenvalue weighted by molar-refractivity contribution is 9.10. The van der Waals surface area contributed by atoms with Gasteiger partial charge in [0.1, 0.15) is 12.4 Å².